The van der Waals surface area contributed by atoms with Crippen molar-refractivity contribution in [3.8, 4) is 11.5 Å². The predicted octanol–water partition coefficient (Wildman–Crippen LogP) is 8.83. The summed E-state index contributed by atoms with van der Waals surface area (Å²) < 4.78 is 171. The molecule has 1 N–H and O–H groups in total. The van der Waals surface area contributed by atoms with Crippen LogP contribution in [0.25, 0.3) is 0 Å². The van der Waals surface area contributed by atoms with Crippen LogP contribution in [0.3, 0.4) is 0 Å². The second-order valence-electron chi connectivity index (χ2n) is 9.60. The molecule has 3 aromatic carbocycles. The molecule has 0 saturated heterocycles. The maximum atomic E-state index is 14.7. The van der Waals surface area contributed by atoms with Crippen molar-refractivity contribution in [2.75, 3.05) is 23.9 Å². The molecule has 0 radical (unpaired) electrons. The summed E-state index contributed by atoms with van der Waals surface area (Å²) in [6.07, 6.45) is -18.1. The van der Waals surface area contributed by atoms with E-state index >= 15 is 0 Å². The summed E-state index contributed by atoms with van der Waals surface area (Å²) in [5.41, 5.74) is -12.6. The maximum absolute atomic E-state index is 14.7. The fraction of sp³-hybridized carbons (Fsp3) is 0.310. The summed E-state index contributed by atoms with van der Waals surface area (Å²) in [4.78, 5) is 27.5. The van der Waals surface area contributed by atoms with E-state index in [1.54, 1.807) is 0 Å². The number of para-hydroxylation sites is 1. The summed E-state index contributed by atoms with van der Waals surface area (Å²) in [7, 11) is 0.998. The molecule has 3 aromatic rings. The van der Waals surface area contributed by atoms with Crippen molar-refractivity contribution in [2.24, 2.45) is 0 Å². The summed E-state index contributed by atoms with van der Waals surface area (Å²) in [6, 6.07) is 6.93. The Kier molecular flexibility index (Phi) is 10.4. The van der Waals surface area contributed by atoms with Crippen molar-refractivity contribution in [3.63, 3.8) is 0 Å². The van der Waals surface area contributed by atoms with Gasteiger partial charge in [0, 0.05) is 12.1 Å². The van der Waals surface area contributed by atoms with Crippen LogP contribution in [-0.4, -0.2) is 44.4 Å². The van der Waals surface area contributed by atoms with E-state index in [4.69, 9.17) is 4.74 Å². The summed E-state index contributed by atoms with van der Waals surface area (Å²) in [5, 5.41) is 1.99. The molecule has 0 aromatic heterocycles. The lowest BCUT2D eigenvalue weighted by Gasteiger charge is -2.31. The standard InChI is InChI=1S/C29H22F12N2O4/c1-4-43(24(45)16-8-5-6-10-18(16)27(33,34)35)19-11-7-9-17(22(19)46-3)23(44)42-21-14(2)12-15(13-20(21)47-25(30)31)26(32,28(36,37)38)29(39,40)41/h5-13,25H,4H2,1-3H3,(H,42,44). The van der Waals surface area contributed by atoms with Crippen LogP contribution in [-0.2, 0) is 11.8 Å². The highest BCUT2D eigenvalue weighted by atomic mass is 19.4. The third kappa shape index (κ3) is 7.20. The average Bonchev–Trinajstić information content (AvgIpc) is 2.96. The van der Waals surface area contributed by atoms with E-state index in [9.17, 15) is 62.3 Å². The van der Waals surface area contributed by atoms with E-state index in [1.165, 1.54) is 19.1 Å². The number of nitrogens with one attached hydrogen (secondary N) is 1. The van der Waals surface area contributed by atoms with Crippen molar-refractivity contribution in [3.05, 3.63) is 82.4 Å². The fourth-order valence-corrected chi connectivity index (χ4v) is 4.59. The SMILES string of the molecule is CCN(C(=O)c1ccccc1C(F)(F)F)c1cccc(C(=O)Nc2c(C)cc(C(F)(C(F)(F)F)C(F)(F)F)cc2OC(F)F)c1OC. The molecule has 0 bridgehead atoms. The molecular formula is C29H22F12N2O4. The van der Waals surface area contributed by atoms with E-state index in [0.29, 0.717) is 6.07 Å². The van der Waals surface area contributed by atoms with E-state index in [-0.39, 0.29) is 24.4 Å². The smallest absolute Gasteiger partial charge is 0.435 e. The van der Waals surface area contributed by atoms with Gasteiger partial charge in [0.2, 0.25) is 0 Å². The molecule has 0 unspecified atom stereocenters. The molecule has 3 rings (SSSR count). The molecular weight excluding hydrogens is 668 g/mol. The van der Waals surface area contributed by atoms with Gasteiger partial charge in [-0.2, -0.15) is 48.3 Å². The number of aryl methyl sites for hydroxylation is 1. The second-order valence-corrected chi connectivity index (χ2v) is 9.60. The van der Waals surface area contributed by atoms with Gasteiger partial charge in [-0.05, 0) is 55.8 Å². The highest BCUT2D eigenvalue weighted by Gasteiger charge is 2.73. The highest BCUT2D eigenvalue weighted by molar-refractivity contribution is 6.12. The molecule has 256 valence electrons. The van der Waals surface area contributed by atoms with Gasteiger partial charge in [-0.25, -0.2) is 4.39 Å². The number of nitrogens with zero attached hydrogens (tertiary/aromatic N) is 1. The number of carbonyl (C=O) groups is 2. The van der Waals surface area contributed by atoms with Gasteiger partial charge in [-0.15, -0.1) is 0 Å². The number of alkyl halides is 12. The van der Waals surface area contributed by atoms with Crippen LogP contribution in [0.15, 0.2) is 54.6 Å². The van der Waals surface area contributed by atoms with E-state index in [2.05, 4.69) is 4.74 Å². The van der Waals surface area contributed by atoms with Crippen LogP contribution in [0.1, 0.15) is 44.3 Å². The highest BCUT2D eigenvalue weighted by Crippen LogP contribution is 2.54. The maximum Gasteiger partial charge on any atom is 0.435 e. The van der Waals surface area contributed by atoms with Gasteiger partial charge in [0.05, 0.1) is 35.2 Å². The lowest BCUT2D eigenvalue weighted by atomic mass is 9.91. The summed E-state index contributed by atoms with van der Waals surface area (Å²) >= 11 is 0. The van der Waals surface area contributed by atoms with Gasteiger partial charge in [0.25, 0.3) is 11.8 Å². The molecule has 18 heteroatoms. The molecule has 6 nitrogen and oxygen atoms in total. The first-order valence-corrected chi connectivity index (χ1v) is 13.0. The zero-order valence-electron chi connectivity index (χ0n) is 24.1. The molecule has 0 aliphatic carbocycles. The van der Waals surface area contributed by atoms with Gasteiger partial charge in [0.15, 0.2) is 5.75 Å². The molecule has 0 heterocycles. The number of rotatable bonds is 9. The Balaban J connectivity index is 2.14. The van der Waals surface area contributed by atoms with Gasteiger partial charge >= 0.3 is 30.8 Å². The van der Waals surface area contributed by atoms with Crippen molar-refractivity contribution in [2.45, 2.75) is 44.7 Å². The normalized spacial score (nSPS) is 12.6. The van der Waals surface area contributed by atoms with Crippen LogP contribution in [0, 0.1) is 6.92 Å². The summed E-state index contributed by atoms with van der Waals surface area (Å²) in [5.74, 6) is -4.40. The number of amides is 2. The molecule has 2 amide bonds. The number of hydrogen-bond acceptors (Lipinski definition) is 4. The van der Waals surface area contributed by atoms with Crippen molar-refractivity contribution in [1.29, 1.82) is 0 Å². The average molecular weight is 690 g/mol. The van der Waals surface area contributed by atoms with Gasteiger partial charge in [-0.1, -0.05) is 18.2 Å². The quantitative estimate of drug-likeness (QED) is 0.228. The zero-order valence-corrected chi connectivity index (χ0v) is 24.1. The summed E-state index contributed by atoms with van der Waals surface area (Å²) in [6.45, 7) is -1.99. The molecule has 0 atom stereocenters. The van der Waals surface area contributed by atoms with Crippen LogP contribution < -0.4 is 19.7 Å². The number of anilines is 2. The molecule has 0 fully saturated rings. The number of ether oxygens (including phenoxy) is 2. The Morgan fingerprint density at radius 1 is 0.851 bits per heavy atom. The molecule has 0 aliphatic rings. The minimum Gasteiger partial charge on any atom is -0.494 e. The fourth-order valence-electron chi connectivity index (χ4n) is 4.59. The zero-order chi connectivity index (χ0) is 35.7. The van der Waals surface area contributed by atoms with Gasteiger partial charge < -0.3 is 19.7 Å². The monoisotopic (exact) mass is 690 g/mol. The third-order valence-corrected chi connectivity index (χ3v) is 6.69. The second kappa shape index (κ2) is 13.2. The van der Waals surface area contributed by atoms with Crippen LogP contribution >= 0.6 is 0 Å². The number of carbonyl (C=O) groups excluding carboxylic acids is 2. The number of halogens is 12. The number of benzene rings is 3. The Labute approximate surface area is 257 Å². The van der Waals surface area contributed by atoms with Crippen LogP contribution in [0.5, 0.6) is 11.5 Å². The van der Waals surface area contributed by atoms with Gasteiger partial charge in [0.1, 0.15) is 5.75 Å². The number of methoxy groups -OCH3 is 1. The first kappa shape index (κ1) is 36.8. The number of hydrogen-bond donors (Lipinski definition) is 1. The Bertz CT molecular complexity index is 1620. The third-order valence-electron chi connectivity index (χ3n) is 6.69. The first-order chi connectivity index (χ1) is 21.6. The molecule has 0 spiro atoms. The largest absolute Gasteiger partial charge is 0.494 e. The van der Waals surface area contributed by atoms with Crippen molar-refractivity contribution < 1.29 is 71.7 Å². The molecule has 0 saturated carbocycles. The minimum atomic E-state index is -6.60. The molecule has 0 aliphatic heterocycles. The topological polar surface area (TPSA) is 67.9 Å². The van der Waals surface area contributed by atoms with Crippen molar-refractivity contribution in [1.82, 2.24) is 0 Å². The van der Waals surface area contributed by atoms with Crippen LogP contribution in [0.2, 0.25) is 0 Å². The Morgan fingerprint density at radius 3 is 1.94 bits per heavy atom. The predicted molar refractivity (Wildman–Crippen MR) is 142 cm³/mol. The lowest BCUT2D eigenvalue weighted by Crippen LogP contribution is -2.50. The molecule has 47 heavy (non-hydrogen) atoms. The Hall–Kier alpha value is -4.64. The van der Waals surface area contributed by atoms with E-state index in [1.807, 2.05) is 5.32 Å². The van der Waals surface area contributed by atoms with E-state index < -0.39 is 87.6 Å². The van der Waals surface area contributed by atoms with Crippen LogP contribution in [0.4, 0.5) is 64.1 Å². The lowest BCUT2D eigenvalue weighted by molar-refractivity contribution is -0.348. The van der Waals surface area contributed by atoms with Gasteiger partial charge in [-0.3, -0.25) is 9.59 Å². The minimum absolute atomic E-state index is 0.0259. The van der Waals surface area contributed by atoms with E-state index in [0.717, 1.165) is 43.2 Å². The first-order valence-electron chi connectivity index (χ1n) is 13.0. The van der Waals surface area contributed by atoms with Crippen molar-refractivity contribution >= 4 is 23.2 Å². The Morgan fingerprint density at radius 2 is 1.43 bits per heavy atom.